The van der Waals surface area contributed by atoms with Crippen molar-refractivity contribution < 1.29 is 19.4 Å². The number of carbonyl (C=O) groups excluding carboxylic acids is 2. The molecule has 1 atom stereocenters. The molecule has 0 saturated carbocycles. The van der Waals surface area contributed by atoms with Gasteiger partial charge in [0.15, 0.2) is 0 Å². The summed E-state index contributed by atoms with van der Waals surface area (Å²) < 4.78 is 5.68. The van der Waals surface area contributed by atoms with E-state index < -0.39 is 17.7 Å². The largest absolute Gasteiger partial charge is 0.507 e. The molecule has 1 amide bonds. The summed E-state index contributed by atoms with van der Waals surface area (Å²) in [7, 11) is 0. The normalized spacial score (nSPS) is 17.7. The van der Waals surface area contributed by atoms with Gasteiger partial charge >= 0.3 is 0 Å². The van der Waals surface area contributed by atoms with E-state index in [0.29, 0.717) is 17.9 Å². The number of unbranched alkanes of at least 4 members (excludes halogenated alkanes) is 1. The minimum absolute atomic E-state index is 0.0981. The van der Waals surface area contributed by atoms with Crippen molar-refractivity contribution in [1.82, 2.24) is 9.88 Å². The van der Waals surface area contributed by atoms with Crippen molar-refractivity contribution in [3.05, 3.63) is 87.9 Å². The summed E-state index contributed by atoms with van der Waals surface area (Å²) in [6, 6.07) is 13.7. The molecule has 1 aliphatic rings. The summed E-state index contributed by atoms with van der Waals surface area (Å²) in [6.45, 7) is 2.94. The number of benzene rings is 1. The number of pyridine rings is 1. The highest BCUT2D eigenvalue weighted by atomic mass is 32.1. The first-order valence-corrected chi connectivity index (χ1v) is 11.4. The summed E-state index contributed by atoms with van der Waals surface area (Å²) in [5.74, 6) is -0.807. The van der Waals surface area contributed by atoms with E-state index in [2.05, 4.69) is 11.9 Å². The van der Waals surface area contributed by atoms with Crippen molar-refractivity contribution in [2.75, 3.05) is 6.61 Å². The lowest BCUT2D eigenvalue weighted by Gasteiger charge is -2.24. The zero-order valence-electron chi connectivity index (χ0n) is 17.7. The van der Waals surface area contributed by atoms with Gasteiger partial charge in [0.25, 0.3) is 11.7 Å². The Bertz CT molecular complexity index is 1110. The van der Waals surface area contributed by atoms with E-state index in [0.717, 1.165) is 23.3 Å². The zero-order chi connectivity index (χ0) is 22.5. The highest BCUT2D eigenvalue weighted by Crippen LogP contribution is 2.41. The lowest BCUT2D eigenvalue weighted by Crippen LogP contribution is -2.28. The molecule has 1 N–H and O–H groups in total. The first kappa shape index (κ1) is 21.8. The average molecular weight is 449 g/mol. The molecule has 7 heteroatoms. The molecule has 0 aliphatic carbocycles. The quantitative estimate of drug-likeness (QED) is 0.228. The fourth-order valence-corrected chi connectivity index (χ4v) is 4.52. The van der Waals surface area contributed by atoms with E-state index in [4.69, 9.17) is 4.74 Å². The van der Waals surface area contributed by atoms with Crippen molar-refractivity contribution in [2.24, 2.45) is 0 Å². The molecule has 32 heavy (non-hydrogen) atoms. The fraction of sp³-hybridized carbons (Fsp3) is 0.240. The molecule has 1 fully saturated rings. The number of amides is 1. The van der Waals surface area contributed by atoms with E-state index in [-0.39, 0.29) is 17.9 Å². The van der Waals surface area contributed by atoms with Gasteiger partial charge in [0.2, 0.25) is 0 Å². The van der Waals surface area contributed by atoms with E-state index >= 15 is 0 Å². The number of carbonyl (C=O) groups is 2. The molecule has 0 bridgehead atoms. The van der Waals surface area contributed by atoms with Crippen LogP contribution in [-0.2, 0) is 16.1 Å². The van der Waals surface area contributed by atoms with Gasteiger partial charge in [0.1, 0.15) is 11.5 Å². The van der Waals surface area contributed by atoms with Crippen LogP contribution in [0.3, 0.4) is 0 Å². The van der Waals surface area contributed by atoms with Gasteiger partial charge in [-0.05, 0) is 53.8 Å². The van der Waals surface area contributed by atoms with Crippen molar-refractivity contribution in [3.63, 3.8) is 0 Å². The first-order valence-electron chi connectivity index (χ1n) is 10.5. The van der Waals surface area contributed by atoms with Gasteiger partial charge in [-0.1, -0.05) is 25.5 Å². The van der Waals surface area contributed by atoms with Crippen LogP contribution in [0.1, 0.15) is 41.8 Å². The minimum atomic E-state index is -0.687. The molecule has 0 spiro atoms. The molecule has 1 saturated heterocycles. The molecule has 1 aromatic carbocycles. The fourth-order valence-electron chi connectivity index (χ4n) is 3.67. The number of ether oxygens (including phenoxy) is 1. The Labute approximate surface area is 190 Å². The van der Waals surface area contributed by atoms with Gasteiger partial charge in [-0.25, -0.2) is 0 Å². The van der Waals surface area contributed by atoms with Crippen molar-refractivity contribution in [2.45, 2.75) is 32.4 Å². The molecule has 164 valence electrons. The summed E-state index contributed by atoms with van der Waals surface area (Å²) in [6.07, 6.45) is 5.33. The number of thiophene rings is 1. The molecule has 4 rings (SSSR count). The Balaban J connectivity index is 1.70. The van der Waals surface area contributed by atoms with E-state index in [1.54, 1.807) is 42.7 Å². The molecule has 3 heterocycles. The molecular weight excluding hydrogens is 424 g/mol. The number of rotatable bonds is 8. The highest BCUT2D eigenvalue weighted by molar-refractivity contribution is 7.10. The SMILES string of the molecule is CCCCOc1ccc(/C(O)=C2\C(=O)C(=O)N(Cc3cccnc3)C2c2cccs2)cc1. The third-order valence-corrected chi connectivity index (χ3v) is 6.25. The Morgan fingerprint density at radius 2 is 1.97 bits per heavy atom. The number of aliphatic hydroxyl groups is 1. The molecular formula is C25H24N2O4S. The number of hydrogen-bond acceptors (Lipinski definition) is 6. The van der Waals surface area contributed by atoms with E-state index in [9.17, 15) is 14.7 Å². The van der Waals surface area contributed by atoms with Gasteiger partial charge in [-0.2, -0.15) is 0 Å². The average Bonchev–Trinajstić information content (AvgIpc) is 3.43. The smallest absolute Gasteiger partial charge is 0.295 e. The maximum Gasteiger partial charge on any atom is 0.295 e. The predicted molar refractivity (Wildman–Crippen MR) is 123 cm³/mol. The second-order valence-electron chi connectivity index (χ2n) is 7.53. The van der Waals surface area contributed by atoms with Crippen molar-refractivity contribution in [3.8, 4) is 5.75 Å². The maximum absolute atomic E-state index is 13.0. The predicted octanol–water partition coefficient (Wildman–Crippen LogP) is 4.94. The van der Waals surface area contributed by atoms with Crippen LogP contribution >= 0.6 is 11.3 Å². The maximum atomic E-state index is 13.0. The number of Topliss-reactive ketones (excluding diaryl/α,β-unsaturated/α-hetero) is 1. The van der Waals surface area contributed by atoms with Crippen LogP contribution < -0.4 is 4.74 Å². The minimum Gasteiger partial charge on any atom is -0.507 e. The molecule has 2 aromatic heterocycles. The zero-order valence-corrected chi connectivity index (χ0v) is 18.5. The number of hydrogen-bond donors (Lipinski definition) is 1. The molecule has 1 unspecified atom stereocenters. The molecule has 6 nitrogen and oxygen atoms in total. The summed E-state index contributed by atoms with van der Waals surface area (Å²) in [5, 5.41) is 13.0. The highest BCUT2D eigenvalue weighted by Gasteiger charge is 2.46. The molecule has 3 aromatic rings. The topological polar surface area (TPSA) is 79.7 Å². The van der Waals surface area contributed by atoms with Crippen LogP contribution in [0.25, 0.3) is 5.76 Å². The van der Waals surface area contributed by atoms with Gasteiger partial charge in [-0.3, -0.25) is 14.6 Å². The van der Waals surface area contributed by atoms with Crippen LogP contribution in [0.4, 0.5) is 0 Å². The second-order valence-corrected chi connectivity index (χ2v) is 8.51. The van der Waals surface area contributed by atoms with Crippen LogP contribution in [0, 0.1) is 0 Å². The summed E-state index contributed by atoms with van der Waals surface area (Å²) in [4.78, 5) is 32.4. The van der Waals surface area contributed by atoms with E-state index in [1.165, 1.54) is 16.2 Å². The number of aromatic nitrogens is 1. The Morgan fingerprint density at radius 1 is 1.16 bits per heavy atom. The summed E-state index contributed by atoms with van der Waals surface area (Å²) >= 11 is 1.44. The lowest BCUT2D eigenvalue weighted by atomic mass is 9.99. The molecule has 1 aliphatic heterocycles. The lowest BCUT2D eigenvalue weighted by molar-refractivity contribution is -0.140. The second kappa shape index (κ2) is 9.78. The Kier molecular flexibility index (Phi) is 6.66. The van der Waals surface area contributed by atoms with Crippen LogP contribution in [0.5, 0.6) is 5.75 Å². The number of nitrogens with zero attached hydrogens (tertiary/aromatic N) is 2. The number of aliphatic hydroxyl groups excluding tert-OH is 1. The van der Waals surface area contributed by atoms with Gasteiger partial charge in [-0.15, -0.1) is 11.3 Å². The van der Waals surface area contributed by atoms with Crippen molar-refractivity contribution in [1.29, 1.82) is 0 Å². The van der Waals surface area contributed by atoms with Crippen LogP contribution in [0.2, 0.25) is 0 Å². The Hall–Kier alpha value is -3.45. The van der Waals surface area contributed by atoms with E-state index in [1.807, 2.05) is 23.6 Å². The number of likely N-dealkylation sites (tertiary alicyclic amines) is 1. The standard InChI is InChI=1S/C25H24N2O4S/c1-2-3-13-31-19-10-8-18(9-11-19)23(28)21-22(20-7-5-14-32-20)27(25(30)24(21)29)16-17-6-4-12-26-15-17/h4-12,14-15,22,28H,2-3,13,16H2,1H3/b23-21+. The van der Waals surface area contributed by atoms with Crippen molar-refractivity contribution >= 4 is 28.8 Å². The monoisotopic (exact) mass is 448 g/mol. The molecule has 0 radical (unpaired) electrons. The van der Waals surface area contributed by atoms with Crippen LogP contribution in [-0.4, -0.2) is 33.3 Å². The third-order valence-electron chi connectivity index (χ3n) is 5.32. The Morgan fingerprint density at radius 3 is 2.62 bits per heavy atom. The summed E-state index contributed by atoms with van der Waals surface area (Å²) in [5.41, 5.74) is 1.37. The van der Waals surface area contributed by atoms with Gasteiger partial charge < -0.3 is 14.7 Å². The van der Waals surface area contributed by atoms with Gasteiger partial charge in [0.05, 0.1) is 18.2 Å². The third kappa shape index (κ3) is 4.43. The first-order chi connectivity index (χ1) is 15.6. The van der Waals surface area contributed by atoms with Crippen LogP contribution in [0.15, 0.2) is 71.9 Å². The number of ketones is 1. The van der Waals surface area contributed by atoms with Gasteiger partial charge in [0, 0.05) is 29.4 Å².